The highest BCUT2D eigenvalue weighted by Crippen LogP contribution is 2.29. The van der Waals surface area contributed by atoms with E-state index in [4.69, 9.17) is 9.47 Å². The van der Waals surface area contributed by atoms with Crippen LogP contribution in [0.1, 0.15) is 31.1 Å². The first-order chi connectivity index (χ1) is 15.8. The highest BCUT2D eigenvalue weighted by molar-refractivity contribution is 6.09. The molecule has 2 amide bonds. The van der Waals surface area contributed by atoms with Crippen LogP contribution in [0.25, 0.3) is 0 Å². The van der Waals surface area contributed by atoms with Gasteiger partial charge in [0.15, 0.2) is 0 Å². The molecule has 1 unspecified atom stereocenters. The lowest BCUT2D eigenvalue weighted by molar-refractivity contribution is 0.0590. The first-order valence-electron chi connectivity index (χ1n) is 11.1. The van der Waals surface area contributed by atoms with Crippen molar-refractivity contribution in [3.63, 3.8) is 0 Å². The molecule has 1 aliphatic rings. The van der Waals surface area contributed by atoms with Gasteiger partial charge in [-0.2, -0.15) is 4.98 Å². The first-order valence-corrected chi connectivity index (χ1v) is 11.1. The number of carbonyl (C=O) groups excluding carboxylic acids is 2. The molecule has 2 aromatic rings. The fourth-order valence-electron chi connectivity index (χ4n) is 3.40. The number of amides is 2. The van der Waals surface area contributed by atoms with Crippen LogP contribution in [0.15, 0.2) is 30.5 Å². The highest BCUT2D eigenvalue weighted by Gasteiger charge is 2.28. The van der Waals surface area contributed by atoms with Crippen molar-refractivity contribution >= 4 is 29.5 Å². The standard InChI is InChI=1S/C23H32N6O4/c1-6-25-22-26-13-18-20(27-22)28(5)10-11-29(21(18)30)16-8-7-9-17(12-16)33-19(15(2)3)14-32-23(31)24-4/h7-9,12-13,15,19H,6,10-11,14H2,1-5H3,(H,24,31)(H,25,26,27). The Bertz CT molecular complexity index is 983. The zero-order chi connectivity index (χ0) is 24.0. The molecule has 0 bridgehead atoms. The Hall–Kier alpha value is -3.56. The number of aromatic nitrogens is 2. The number of anilines is 3. The number of hydrogen-bond donors (Lipinski definition) is 2. The minimum atomic E-state index is -0.504. The molecule has 2 heterocycles. The molecular weight excluding hydrogens is 424 g/mol. The molecule has 0 aliphatic carbocycles. The highest BCUT2D eigenvalue weighted by atomic mass is 16.6. The van der Waals surface area contributed by atoms with Crippen LogP contribution < -0.4 is 25.2 Å². The Morgan fingerprint density at radius 2 is 2.06 bits per heavy atom. The molecule has 0 spiro atoms. The molecular formula is C23H32N6O4. The smallest absolute Gasteiger partial charge is 0.406 e. The average Bonchev–Trinajstić information content (AvgIpc) is 2.93. The summed E-state index contributed by atoms with van der Waals surface area (Å²) in [5, 5.41) is 5.52. The van der Waals surface area contributed by atoms with Gasteiger partial charge in [0.05, 0.1) is 0 Å². The van der Waals surface area contributed by atoms with E-state index >= 15 is 0 Å². The fraction of sp³-hybridized carbons (Fsp3) is 0.478. The number of nitrogens with one attached hydrogen (secondary N) is 2. The van der Waals surface area contributed by atoms with Crippen LogP contribution in [0.4, 0.5) is 22.2 Å². The molecule has 0 fully saturated rings. The average molecular weight is 457 g/mol. The summed E-state index contributed by atoms with van der Waals surface area (Å²) in [6.45, 7) is 7.87. The van der Waals surface area contributed by atoms with E-state index in [1.165, 1.54) is 7.05 Å². The summed E-state index contributed by atoms with van der Waals surface area (Å²) in [6.07, 6.45) is 0.737. The Morgan fingerprint density at radius 1 is 1.27 bits per heavy atom. The maximum absolute atomic E-state index is 13.4. The van der Waals surface area contributed by atoms with Gasteiger partial charge in [-0.05, 0) is 25.0 Å². The van der Waals surface area contributed by atoms with Crippen molar-refractivity contribution in [1.29, 1.82) is 0 Å². The summed E-state index contributed by atoms with van der Waals surface area (Å²) in [5.74, 6) is 1.64. The Labute approximate surface area is 194 Å². The molecule has 10 heteroatoms. The SMILES string of the molecule is CCNc1ncc2c(n1)N(C)CCN(c1cccc(OC(COC(=O)NC)C(C)C)c1)C2=O. The zero-order valence-electron chi connectivity index (χ0n) is 19.8. The molecule has 2 N–H and O–H groups in total. The van der Waals surface area contributed by atoms with E-state index in [0.717, 1.165) is 0 Å². The second-order valence-electron chi connectivity index (χ2n) is 8.09. The van der Waals surface area contributed by atoms with Gasteiger partial charge in [-0.25, -0.2) is 9.78 Å². The van der Waals surface area contributed by atoms with Crippen LogP contribution in [0.3, 0.4) is 0 Å². The molecule has 1 aromatic heterocycles. The molecule has 3 rings (SSSR count). The molecule has 1 aromatic carbocycles. The van der Waals surface area contributed by atoms with Gasteiger partial charge in [0.1, 0.15) is 29.8 Å². The Morgan fingerprint density at radius 3 is 2.76 bits per heavy atom. The van der Waals surface area contributed by atoms with Crippen LogP contribution in [-0.2, 0) is 4.74 Å². The number of fused-ring (bicyclic) bond motifs is 1. The van der Waals surface area contributed by atoms with Crippen molar-refractivity contribution in [3.05, 3.63) is 36.0 Å². The second-order valence-corrected chi connectivity index (χ2v) is 8.09. The lowest BCUT2D eigenvalue weighted by Gasteiger charge is -2.24. The van der Waals surface area contributed by atoms with Crippen LogP contribution in [-0.4, -0.2) is 68.4 Å². The third-order valence-corrected chi connectivity index (χ3v) is 5.34. The quantitative estimate of drug-likeness (QED) is 0.624. The Balaban J connectivity index is 1.82. The summed E-state index contributed by atoms with van der Waals surface area (Å²) in [6, 6.07) is 7.36. The van der Waals surface area contributed by atoms with Crippen molar-refractivity contribution in [3.8, 4) is 5.75 Å². The molecule has 10 nitrogen and oxygen atoms in total. The largest absolute Gasteiger partial charge is 0.487 e. The van der Waals surface area contributed by atoms with Crippen LogP contribution in [0, 0.1) is 5.92 Å². The maximum atomic E-state index is 13.4. The predicted octanol–water partition coefficient (Wildman–Crippen LogP) is 2.76. The minimum Gasteiger partial charge on any atom is -0.487 e. The lowest BCUT2D eigenvalue weighted by atomic mass is 10.1. The number of hydrogen-bond acceptors (Lipinski definition) is 8. The number of ether oxygens (including phenoxy) is 2. The molecule has 0 saturated heterocycles. The van der Waals surface area contributed by atoms with E-state index in [9.17, 15) is 9.59 Å². The van der Waals surface area contributed by atoms with Crippen LogP contribution in [0.2, 0.25) is 0 Å². The van der Waals surface area contributed by atoms with Crippen molar-refractivity contribution in [2.45, 2.75) is 26.9 Å². The summed E-state index contributed by atoms with van der Waals surface area (Å²) in [4.78, 5) is 37.3. The lowest BCUT2D eigenvalue weighted by Crippen LogP contribution is -2.34. The van der Waals surface area contributed by atoms with E-state index in [0.29, 0.717) is 48.4 Å². The van der Waals surface area contributed by atoms with Crippen molar-refractivity contribution < 1.29 is 19.1 Å². The van der Waals surface area contributed by atoms with Crippen molar-refractivity contribution in [2.24, 2.45) is 5.92 Å². The maximum Gasteiger partial charge on any atom is 0.406 e. The fourth-order valence-corrected chi connectivity index (χ4v) is 3.40. The van der Waals surface area contributed by atoms with Gasteiger partial charge >= 0.3 is 6.09 Å². The zero-order valence-corrected chi connectivity index (χ0v) is 19.8. The number of rotatable bonds is 8. The van der Waals surface area contributed by atoms with Gasteiger partial charge in [0, 0.05) is 51.7 Å². The van der Waals surface area contributed by atoms with Crippen LogP contribution in [0.5, 0.6) is 5.75 Å². The van der Waals surface area contributed by atoms with Gasteiger partial charge in [0.2, 0.25) is 5.95 Å². The number of nitrogens with zero attached hydrogens (tertiary/aromatic N) is 4. The van der Waals surface area contributed by atoms with Crippen molar-refractivity contribution in [2.75, 3.05) is 55.5 Å². The summed E-state index contributed by atoms with van der Waals surface area (Å²) in [5.41, 5.74) is 1.16. The molecule has 1 atom stereocenters. The number of alkyl carbamates (subject to hydrolysis) is 1. The Kier molecular flexibility index (Phi) is 7.92. The van der Waals surface area contributed by atoms with E-state index in [1.54, 1.807) is 11.1 Å². The predicted molar refractivity (Wildman–Crippen MR) is 127 cm³/mol. The first kappa shape index (κ1) is 24.1. The van der Waals surface area contributed by atoms with Gasteiger partial charge in [-0.15, -0.1) is 0 Å². The van der Waals surface area contributed by atoms with Crippen LogP contribution >= 0.6 is 0 Å². The van der Waals surface area contributed by atoms with Gasteiger partial charge in [0.25, 0.3) is 5.91 Å². The minimum absolute atomic E-state index is 0.113. The number of benzene rings is 1. The molecule has 33 heavy (non-hydrogen) atoms. The van der Waals surface area contributed by atoms with Gasteiger partial charge in [-0.3, -0.25) is 4.79 Å². The normalized spacial score (nSPS) is 14.4. The second kappa shape index (κ2) is 10.8. The summed E-state index contributed by atoms with van der Waals surface area (Å²) in [7, 11) is 3.43. The van der Waals surface area contributed by atoms with E-state index in [-0.39, 0.29) is 24.5 Å². The third kappa shape index (κ3) is 5.82. The number of carbonyl (C=O) groups is 2. The molecule has 1 aliphatic heterocycles. The third-order valence-electron chi connectivity index (χ3n) is 5.34. The van der Waals surface area contributed by atoms with Gasteiger partial charge < -0.3 is 29.9 Å². The van der Waals surface area contributed by atoms with E-state index in [2.05, 4.69) is 20.6 Å². The topological polar surface area (TPSA) is 109 Å². The monoisotopic (exact) mass is 456 g/mol. The van der Waals surface area contributed by atoms with E-state index in [1.807, 2.05) is 57.0 Å². The molecule has 0 radical (unpaired) electrons. The molecule has 0 saturated carbocycles. The van der Waals surface area contributed by atoms with Gasteiger partial charge in [-0.1, -0.05) is 19.9 Å². The summed E-state index contributed by atoms with van der Waals surface area (Å²) < 4.78 is 11.3. The van der Waals surface area contributed by atoms with Crippen molar-refractivity contribution in [1.82, 2.24) is 15.3 Å². The summed E-state index contributed by atoms with van der Waals surface area (Å²) >= 11 is 0. The van der Waals surface area contributed by atoms with E-state index < -0.39 is 6.09 Å². The number of likely N-dealkylation sites (N-methyl/N-ethyl adjacent to an activating group) is 1. The molecule has 178 valence electrons.